The first kappa shape index (κ1) is 16.2. The molecule has 0 unspecified atom stereocenters. The number of hydrogen-bond acceptors (Lipinski definition) is 4. The Morgan fingerprint density at radius 2 is 2.05 bits per heavy atom. The molecule has 0 fully saturated rings. The fourth-order valence-electron chi connectivity index (χ4n) is 2.19. The van der Waals surface area contributed by atoms with Gasteiger partial charge >= 0.3 is 5.97 Å². The summed E-state index contributed by atoms with van der Waals surface area (Å²) >= 11 is 1.49. The van der Waals surface area contributed by atoms with Crippen LogP contribution in [0.25, 0.3) is 0 Å². The average molecular weight is 318 g/mol. The molecule has 1 aromatic heterocycles. The Labute approximate surface area is 133 Å². The molecule has 0 aliphatic heterocycles. The molecule has 116 valence electrons. The second-order valence-electron chi connectivity index (χ2n) is 5.47. The predicted octanol–water partition coefficient (Wildman–Crippen LogP) is 2.83. The van der Waals surface area contributed by atoms with E-state index in [1.165, 1.54) is 11.3 Å². The van der Waals surface area contributed by atoms with Crippen molar-refractivity contribution in [3.05, 3.63) is 52.0 Å². The summed E-state index contributed by atoms with van der Waals surface area (Å²) in [7, 11) is 0. The summed E-state index contributed by atoms with van der Waals surface area (Å²) in [5.41, 5.74) is 0.379. The highest BCUT2D eigenvalue weighted by Crippen LogP contribution is 2.22. The van der Waals surface area contributed by atoms with E-state index in [-0.39, 0.29) is 17.9 Å². The van der Waals surface area contributed by atoms with Crippen LogP contribution in [0, 0.1) is 0 Å². The van der Waals surface area contributed by atoms with Crippen LogP contribution in [0.3, 0.4) is 0 Å². The zero-order valence-electron chi connectivity index (χ0n) is 12.5. The number of hydrogen-bond donors (Lipinski definition) is 2. The van der Waals surface area contributed by atoms with Crippen molar-refractivity contribution >= 4 is 23.2 Å². The molecule has 0 atom stereocenters. The van der Waals surface area contributed by atoms with Crippen molar-refractivity contribution in [1.82, 2.24) is 10.3 Å². The lowest BCUT2D eigenvalue weighted by molar-refractivity contribution is -0.122. The van der Waals surface area contributed by atoms with Gasteiger partial charge in [-0.2, -0.15) is 0 Å². The van der Waals surface area contributed by atoms with E-state index >= 15 is 0 Å². The summed E-state index contributed by atoms with van der Waals surface area (Å²) in [5, 5.41) is 14.8. The molecule has 2 N–H and O–H groups in total. The molecule has 0 saturated carbocycles. The van der Waals surface area contributed by atoms with E-state index in [9.17, 15) is 9.59 Å². The number of carbonyl (C=O) groups is 2. The van der Waals surface area contributed by atoms with Crippen LogP contribution < -0.4 is 5.32 Å². The Balaban J connectivity index is 1.98. The van der Waals surface area contributed by atoms with Gasteiger partial charge in [0.15, 0.2) is 0 Å². The normalized spacial score (nSPS) is 11.2. The molecule has 0 spiro atoms. The van der Waals surface area contributed by atoms with Gasteiger partial charge in [-0.15, -0.1) is 11.3 Å². The quantitative estimate of drug-likeness (QED) is 0.858. The lowest BCUT2D eigenvalue weighted by Gasteiger charge is -2.23. The highest BCUT2D eigenvalue weighted by Gasteiger charge is 2.25. The van der Waals surface area contributed by atoms with Crippen molar-refractivity contribution in [2.24, 2.45) is 0 Å². The first-order valence-corrected chi connectivity index (χ1v) is 7.80. The summed E-state index contributed by atoms with van der Waals surface area (Å²) in [6, 6.07) is 6.75. The van der Waals surface area contributed by atoms with E-state index < -0.39 is 11.5 Å². The third-order valence-electron chi connectivity index (χ3n) is 3.29. The van der Waals surface area contributed by atoms with Gasteiger partial charge in [0.2, 0.25) is 5.91 Å². The van der Waals surface area contributed by atoms with E-state index in [1.54, 1.807) is 30.5 Å². The number of nitrogens with one attached hydrogen (secondary N) is 1. The first-order valence-electron chi connectivity index (χ1n) is 6.92. The second-order valence-corrected chi connectivity index (χ2v) is 6.37. The Hall–Kier alpha value is -2.21. The monoisotopic (exact) mass is 318 g/mol. The van der Waals surface area contributed by atoms with Crippen LogP contribution in [0.1, 0.15) is 41.2 Å². The molecule has 0 aliphatic rings. The first-order chi connectivity index (χ1) is 10.4. The van der Waals surface area contributed by atoms with Crippen LogP contribution in [0.2, 0.25) is 0 Å². The molecule has 0 saturated heterocycles. The lowest BCUT2D eigenvalue weighted by Crippen LogP contribution is -2.41. The highest BCUT2D eigenvalue weighted by atomic mass is 32.1. The molecule has 22 heavy (non-hydrogen) atoms. The third kappa shape index (κ3) is 3.92. The van der Waals surface area contributed by atoms with Crippen LogP contribution >= 0.6 is 11.3 Å². The number of rotatable bonds is 6. The molecule has 1 aromatic carbocycles. The van der Waals surface area contributed by atoms with Crippen molar-refractivity contribution in [2.75, 3.05) is 0 Å². The smallest absolute Gasteiger partial charge is 0.335 e. The minimum atomic E-state index is -0.973. The zero-order valence-corrected chi connectivity index (χ0v) is 13.3. The lowest BCUT2D eigenvalue weighted by atomic mass is 10.0. The SMILES string of the molecule is CC(C)(NC(=O)CCc1ccccc1C(=O)O)c1nccs1. The van der Waals surface area contributed by atoms with Crippen molar-refractivity contribution < 1.29 is 14.7 Å². The molecule has 5 nitrogen and oxygen atoms in total. The predicted molar refractivity (Wildman–Crippen MR) is 85.0 cm³/mol. The van der Waals surface area contributed by atoms with Crippen molar-refractivity contribution in [3.8, 4) is 0 Å². The van der Waals surface area contributed by atoms with Crippen LogP contribution in [-0.2, 0) is 16.8 Å². The van der Waals surface area contributed by atoms with E-state index in [2.05, 4.69) is 10.3 Å². The summed E-state index contributed by atoms with van der Waals surface area (Å²) in [5.74, 6) is -1.10. The Morgan fingerprint density at radius 3 is 2.68 bits per heavy atom. The Kier molecular flexibility index (Phi) is 4.92. The van der Waals surface area contributed by atoms with Gasteiger partial charge in [0.05, 0.1) is 11.1 Å². The number of carboxylic acid groups (broad SMARTS) is 1. The maximum absolute atomic E-state index is 12.1. The number of thiazole rings is 1. The number of aromatic nitrogens is 1. The van der Waals surface area contributed by atoms with E-state index in [4.69, 9.17) is 5.11 Å². The van der Waals surface area contributed by atoms with Crippen LogP contribution in [0.4, 0.5) is 0 Å². The van der Waals surface area contributed by atoms with Gasteiger partial charge in [0.25, 0.3) is 0 Å². The van der Waals surface area contributed by atoms with Crippen molar-refractivity contribution in [1.29, 1.82) is 0 Å². The number of aromatic carboxylic acids is 1. The molecule has 1 amide bonds. The van der Waals surface area contributed by atoms with E-state index in [0.717, 1.165) is 5.01 Å². The van der Waals surface area contributed by atoms with Crippen LogP contribution in [0.5, 0.6) is 0 Å². The Bertz CT molecular complexity index is 666. The summed E-state index contributed by atoms with van der Waals surface area (Å²) in [6.45, 7) is 3.80. The minimum absolute atomic E-state index is 0.125. The van der Waals surface area contributed by atoms with Crippen LogP contribution in [0.15, 0.2) is 35.8 Å². The van der Waals surface area contributed by atoms with Gasteiger partial charge in [-0.05, 0) is 31.9 Å². The van der Waals surface area contributed by atoms with Gasteiger partial charge in [0, 0.05) is 18.0 Å². The van der Waals surface area contributed by atoms with Gasteiger partial charge in [-0.25, -0.2) is 9.78 Å². The number of nitrogens with zero attached hydrogens (tertiary/aromatic N) is 1. The molecule has 0 radical (unpaired) electrons. The number of aryl methyl sites for hydroxylation is 1. The standard InChI is InChI=1S/C16H18N2O3S/c1-16(2,15-17-9-10-22-15)18-13(19)8-7-11-5-3-4-6-12(11)14(20)21/h3-6,9-10H,7-8H2,1-2H3,(H,18,19)(H,20,21). The van der Waals surface area contributed by atoms with Gasteiger partial charge in [0.1, 0.15) is 5.01 Å². The highest BCUT2D eigenvalue weighted by molar-refractivity contribution is 7.09. The maximum atomic E-state index is 12.1. The average Bonchev–Trinajstić information content (AvgIpc) is 3.00. The zero-order chi connectivity index (χ0) is 16.2. The fourth-order valence-corrected chi connectivity index (χ4v) is 2.91. The Morgan fingerprint density at radius 1 is 1.32 bits per heavy atom. The molecule has 0 bridgehead atoms. The summed E-state index contributed by atoms with van der Waals surface area (Å²) in [4.78, 5) is 27.5. The topological polar surface area (TPSA) is 79.3 Å². The van der Waals surface area contributed by atoms with E-state index in [0.29, 0.717) is 12.0 Å². The van der Waals surface area contributed by atoms with Crippen molar-refractivity contribution in [3.63, 3.8) is 0 Å². The molecule has 0 aliphatic carbocycles. The molecule has 6 heteroatoms. The van der Waals surface area contributed by atoms with Crippen molar-refractivity contribution in [2.45, 2.75) is 32.2 Å². The number of carboxylic acids is 1. The molecular formula is C16H18N2O3S. The molecule has 1 heterocycles. The number of amides is 1. The van der Waals surface area contributed by atoms with E-state index in [1.807, 2.05) is 19.2 Å². The van der Waals surface area contributed by atoms with Gasteiger partial charge < -0.3 is 10.4 Å². The second kappa shape index (κ2) is 6.70. The summed E-state index contributed by atoms with van der Waals surface area (Å²) < 4.78 is 0. The fraction of sp³-hybridized carbons (Fsp3) is 0.312. The number of carbonyl (C=O) groups excluding carboxylic acids is 1. The largest absolute Gasteiger partial charge is 0.478 e. The summed E-state index contributed by atoms with van der Waals surface area (Å²) in [6.07, 6.45) is 2.33. The molecule has 2 aromatic rings. The van der Waals surface area contributed by atoms with Gasteiger partial charge in [-0.3, -0.25) is 4.79 Å². The maximum Gasteiger partial charge on any atom is 0.335 e. The molecule has 2 rings (SSSR count). The molecular weight excluding hydrogens is 300 g/mol. The van der Waals surface area contributed by atoms with Gasteiger partial charge in [-0.1, -0.05) is 18.2 Å². The van der Waals surface area contributed by atoms with Crippen LogP contribution in [-0.4, -0.2) is 22.0 Å². The minimum Gasteiger partial charge on any atom is -0.478 e. The number of benzene rings is 1. The third-order valence-corrected chi connectivity index (χ3v) is 4.38.